The van der Waals surface area contributed by atoms with Gasteiger partial charge < -0.3 is 9.84 Å². The maximum absolute atomic E-state index is 13.0. The van der Waals surface area contributed by atoms with Gasteiger partial charge in [0.2, 0.25) is 0 Å². The van der Waals surface area contributed by atoms with Gasteiger partial charge in [-0.15, -0.1) is 0 Å². The highest BCUT2D eigenvalue weighted by Gasteiger charge is 2.36. The lowest BCUT2D eigenvalue weighted by atomic mass is 9.94. The Morgan fingerprint density at radius 3 is 2.58 bits per heavy atom. The summed E-state index contributed by atoms with van der Waals surface area (Å²) < 4.78 is 56.4. The van der Waals surface area contributed by atoms with Gasteiger partial charge in [-0.2, -0.15) is 13.2 Å². The Kier molecular flexibility index (Phi) is 3.80. The van der Waals surface area contributed by atoms with Crippen molar-refractivity contribution in [3.05, 3.63) is 47.0 Å². The third-order valence-electron chi connectivity index (χ3n) is 2.93. The average Bonchev–Trinajstić information content (AvgIpc) is 2.38. The standard InChI is InChI=1S/C13H12F4O2/c14-9-3-4-10(11(6-9)13(15,16)17)12(18)8-2-1-5-19-7-8/h3-4,6-7,12,18H,1-2,5H2. The number of rotatable bonds is 2. The molecule has 1 heterocycles. The van der Waals surface area contributed by atoms with E-state index in [4.69, 9.17) is 4.74 Å². The van der Waals surface area contributed by atoms with Crippen molar-refractivity contribution in [3.8, 4) is 0 Å². The molecule has 6 heteroatoms. The first-order chi connectivity index (χ1) is 8.89. The second-order valence-electron chi connectivity index (χ2n) is 4.30. The Bertz CT molecular complexity index is 494. The van der Waals surface area contributed by atoms with Crippen LogP contribution in [0.15, 0.2) is 30.0 Å². The first kappa shape index (κ1) is 13.9. The number of alkyl halides is 3. The topological polar surface area (TPSA) is 29.5 Å². The molecular formula is C13H12F4O2. The van der Waals surface area contributed by atoms with Crippen molar-refractivity contribution in [2.24, 2.45) is 0 Å². The van der Waals surface area contributed by atoms with E-state index >= 15 is 0 Å². The molecule has 0 fully saturated rings. The summed E-state index contributed by atoms with van der Waals surface area (Å²) in [6.07, 6.45) is -3.79. The van der Waals surface area contributed by atoms with Crippen molar-refractivity contribution in [2.75, 3.05) is 6.61 Å². The maximum Gasteiger partial charge on any atom is 0.416 e. The van der Waals surface area contributed by atoms with Crippen LogP contribution < -0.4 is 0 Å². The lowest BCUT2D eigenvalue weighted by Gasteiger charge is -2.22. The Labute approximate surface area is 107 Å². The third-order valence-corrected chi connectivity index (χ3v) is 2.93. The number of hydrogen-bond donors (Lipinski definition) is 1. The second kappa shape index (κ2) is 5.21. The molecule has 2 nitrogen and oxygen atoms in total. The van der Waals surface area contributed by atoms with Crippen LogP contribution in [-0.2, 0) is 10.9 Å². The second-order valence-corrected chi connectivity index (χ2v) is 4.30. The minimum Gasteiger partial charge on any atom is -0.501 e. The maximum atomic E-state index is 13.0. The van der Waals surface area contributed by atoms with Gasteiger partial charge in [0.15, 0.2) is 0 Å². The highest BCUT2D eigenvalue weighted by molar-refractivity contribution is 5.36. The lowest BCUT2D eigenvalue weighted by molar-refractivity contribution is -0.139. The molecule has 0 aliphatic carbocycles. The number of hydrogen-bond acceptors (Lipinski definition) is 2. The van der Waals surface area contributed by atoms with Gasteiger partial charge in [-0.05, 0) is 36.1 Å². The van der Waals surface area contributed by atoms with Crippen LogP contribution in [-0.4, -0.2) is 11.7 Å². The van der Waals surface area contributed by atoms with Crippen molar-refractivity contribution in [1.82, 2.24) is 0 Å². The molecule has 0 amide bonds. The fraction of sp³-hybridized carbons (Fsp3) is 0.385. The molecule has 0 aromatic heterocycles. The van der Waals surface area contributed by atoms with Crippen LogP contribution in [0, 0.1) is 5.82 Å². The summed E-state index contributed by atoms with van der Waals surface area (Å²) in [5.74, 6) is -0.989. The monoisotopic (exact) mass is 276 g/mol. The molecule has 2 rings (SSSR count). The Morgan fingerprint density at radius 1 is 1.26 bits per heavy atom. The van der Waals surface area contributed by atoms with Crippen molar-refractivity contribution in [1.29, 1.82) is 0 Å². The predicted octanol–water partition coefficient (Wildman–Crippen LogP) is 3.57. The van der Waals surface area contributed by atoms with Gasteiger partial charge >= 0.3 is 6.18 Å². The summed E-state index contributed by atoms with van der Waals surface area (Å²) >= 11 is 0. The molecule has 1 atom stereocenters. The molecule has 1 N–H and O–H groups in total. The van der Waals surface area contributed by atoms with Crippen LogP contribution in [0.2, 0.25) is 0 Å². The highest BCUT2D eigenvalue weighted by atomic mass is 19.4. The van der Waals surface area contributed by atoms with E-state index in [9.17, 15) is 22.7 Å². The predicted molar refractivity (Wildman–Crippen MR) is 59.6 cm³/mol. The van der Waals surface area contributed by atoms with Gasteiger partial charge in [-0.3, -0.25) is 0 Å². The summed E-state index contributed by atoms with van der Waals surface area (Å²) in [7, 11) is 0. The molecule has 0 spiro atoms. The van der Waals surface area contributed by atoms with E-state index in [1.807, 2.05) is 0 Å². The quantitative estimate of drug-likeness (QED) is 0.837. The van der Waals surface area contributed by atoms with Crippen LogP contribution in [0.25, 0.3) is 0 Å². The molecule has 1 aromatic rings. The fourth-order valence-corrected chi connectivity index (χ4v) is 2.00. The van der Waals surface area contributed by atoms with E-state index in [-0.39, 0.29) is 5.56 Å². The molecule has 0 saturated heterocycles. The molecule has 1 aliphatic rings. The molecule has 1 aliphatic heterocycles. The van der Waals surface area contributed by atoms with Gasteiger partial charge in [-0.1, -0.05) is 6.07 Å². The first-order valence-corrected chi connectivity index (χ1v) is 5.75. The third kappa shape index (κ3) is 3.07. The fourth-order valence-electron chi connectivity index (χ4n) is 2.00. The normalized spacial score (nSPS) is 17.6. The number of halogens is 4. The summed E-state index contributed by atoms with van der Waals surface area (Å²) in [6.45, 7) is 0.478. The largest absolute Gasteiger partial charge is 0.501 e. The average molecular weight is 276 g/mol. The Morgan fingerprint density at radius 2 is 2.00 bits per heavy atom. The van der Waals surface area contributed by atoms with Crippen molar-refractivity contribution >= 4 is 0 Å². The van der Waals surface area contributed by atoms with Crippen LogP contribution in [0.4, 0.5) is 17.6 Å². The van der Waals surface area contributed by atoms with Gasteiger partial charge in [0.1, 0.15) is 11.9 Å². The smallest absolute Gasteiger partial charge is 0.416 e. The van der Waals surface area contributed by atoms with Gasteiger partial charge in [0.25, 0.3) is 0 Å². The van der Waals surface area contributed by atoms with Crippen molar-refractivity contribution < 1.29 is 27.4 Å². The highest BCUT2D eigenvalue weighted by Crippen LogP contribution is 2.38. The van der Waals surface area contributed by atoms with E-state index in [0.29, 0.717) is 31.1 Å². The van der Waals surface area contributed by atoms with E-state index in [1.54, 1.807) is 0 Å². The van der Waals surface area contributed by atoms with Crippen LogP contribution >= 0.6 is 0 Å². The SMILES string of the molecule is OC(C1=COCCC1)c1ccc(F)cc1C(F)(F)F. The van der Waals surface area contributed by atoms with Gasteiger partial charge in [0, 0.05) is 0 Å². The minimum atomic E-state index is -4.71. The van der Waals surface area contributed by atoms with E-state index < -0.39 is 23.7 Å². The van der Waals surface area contributed by atoms with Gasteiger partial charge in [-0.25, -0.2) is 4.39 Å². The molecular weight excluding hydrogens is 264 g/mol. The zero-order chi connectivity index (χ0) is 14.0. The summed E-state index contributed by atoms with van der Waals surface area (Å²) in [6, 6.07) is 2.25. The Balaban J connectivity index is 2.41. The van der Waals surface area contributed by atoms with E-state index in [1.165, 1.54) is 6.26 Å². The number of ether oxygens (including phenoxy) is 1. The molecule has 1 aromatic carbocycles. The molecule has 1 unspecified atom stereocenters. The zero-order valence-electron chi connectivity index (χ0n) is 9.88. The van der Waals surface area contributed by atoms with Crippen molar-refractivity contribution in [2.45, 2.75) is 25.1 Å². The minimum absolute atomic E-state index is 0.356. The number of aliphatic hydroxyl groups is 1. The molecule has 0 bridgehead atoms. The summed E-state index contributed by atoms with van der Waals surface area (Å²) in [4.78, 5) is 0. The lowest BCUT2D eigenvalue weighted by Crippen LogP contribution is -2.15. The van der Waals surface area contributed by atoms with Gasteiger partial charge in [0.05, 0.1) is 18.4 Å². The van der Waals surface area contributed by atoms with Crippen LogP contribution in [0.5, 0.6) is 0 Å². The number of aliphatic hydroxyl groups excluding tert-OH is 1. The number of benzene rings is 1. The van der Waals surface area contributed by atoms with E-state index in [0.717, 1.165) is 12.1 Å². The van der Waals surface area contributed by atoms with Crippen LogP contribution in [0.1, 0.15) is 30.1 Å². The Hall–Kier alpha value is -1.56. The van der Waals surface area contributed by atoms with E-state index in [2.05, 4.69) is 0 Å². The van der Waals surface area contributed by atoms with Crippen LogP contribution in [0.3, 0.4) is 0 Å². The molecule has 19 heavy (non-hydrogen) atoms. The summed E-state index contributed by atoms with van der Waals surface area (Å²) in [5.41, 5.74) is -1.15. The molecule has 0 radical (unpaired) electrons. The zero-order valence-corrected chi connectivity index (χ0v) is 9.88. The van der Waals surface area contributed by atoms with Crippen molar-refractivity contribution in [3.63, 3.8) is 0 Å². The molecule has 0 saturated carbocycles. The first-order valence-electron chi connectivity index (χ1n) is 5.75. The molecule has 104 valence electrons. The summed E-state index contributed by atoms with van der Waals surface area (Å²) in [5, 5.41) is 10.0.